The van der Waals surface area contributed by atoms with Gasteiger partial charge in [-0.25, -0.2) is 10.3 Å². The highest BCUT2D eigenvalue weighted by Crippen LogP contribution is 2.11. The topological polar surface area (TPSA) is 59.6 Å². The number of hydroxylamine groups is 1. The van der Waals surface area contributed by atoms with Gasteiger partial charge < -0.3 is 10.1 Å². The smallest absolute Gasteiger partial charge is 0.338 e. The number of benzene rings is 2. The van der Waals surface area contributed by atoms with Crippen LogP contribution >= 0.6 is 0 Å². The van der Waals surface area contributed by atoms with Gasteiger partial charge in [-0.1, -0.05) is 42.5 Å². The van der Waals surface area contributed by atoms with E-state index < -0.39 is 0 Å². The van der Waals surface area contributed by atoms with Crippen LogP contribution in [0.25, 0.3) is 0 Å². The second-order valence-corrected chi connectivity index (χ2v) is 4.41. The number of carbonyl (C=O) groups excluding carboxylic acids is 1. The first kappa shape index (κ1) is 14.9. The molecule has 0 spiro atoms. The summed E-state index contributed by atoms with van der Waals surface area (Å²) in [4.78, 5) is 16.7. The second-order valence-electron chi connectivity index (χ2n) is 4.41. The number of nitrogens with one attached hydrogen (secondary N) is 2. The van der Waals surface area contributed by atoms with Crippen molar-refractivity contribution in [3.8, 4) is 5.75 Å². The maximum atomic E-state index is 11.6. The van der Waals surface area contributed by atoms with Gasteiger partial charge in [-0.05, 0) is 23.3 Å². The molecule has 0 saturated heterocycles. The molecule has 0 aliphatic carbocycles. The Labute approximate surface area is 123 Å². The number of hydrogen-bond acceptors (Lipinski definition) is 3. The van der Waals surface area contributed by atoms with E-state index in [0.717, 1.165) is 16.9 Å². The number of carbonyl (C=O) groups is 1. The third kappa shape index (κ3) is 5.16. The largest absolute Gasteiger partial charge is 0.497 e. The Morgan fingerprint density at radius 2 is 1.81 bits per heavy atom. The van der Waals surface area contributed by atoms with Gasteiger partial charge in [0.1, 0.15) is 5.75 Å². The molecule has 0 atom stereocenters. The molecule has 0 aromatic heterocycles. The monoisotopic (exact) mass is 286 g/mol. The number of rotatable bonds is 6. The number of ether oxygens (including phenoxy) is 1. The first-order valence-electron chi connectivity index (χ1n) is 6.60. The Morgan fingerprint density at radius 1 is 1.05 bits per heavy atom. The normalized spacial score (nSPS) is 9.95. The molecule has 0 heterocycles. The molecule has 0 fully saturated rings. The van der Waals surface area contributed by atoms with Crippen LogP contribution in [0.15, 0.2) is 54.6 Å². The van der Waals surface area contributed by atoms with Crippen LogP contribution in [0.3, 0.4) is 0 Å². The fraction of sp³-hybridized carbons (Fsp3) is 0.188. The van der Waals surface area contributed by atoms with E-state index in [1.54, 1.807) is 7.11 Å². The summed E-state index contributed by atoms with van der Waals surface area (Å²) in [6.45, 7) is 0.727. The predicted octanol–water partition coefficient (Wildman–Crippen LogP) is 2.63. The van der Waals surface area contributed by atoms with Crippen LogP contribution in [-0.4, -0.2) is 13.1 Å². The Bertz CT molecular complexity index is 573. The summed E-state index contributed by atoms with van der Waals surface area (Å²) in [5, 5.41) is 2.71. The molecular formula is C16H18N2O3. The summed E-state index contributed by atoms with van der Waals surface area (Å²) in [6.07, 6.45) is 0. The average Bonchev–Trinajstić information content (AvgIpc) is 2.54. The highest BCUT2D eigenvalue weighted by Gasteiger charge is 2.01. The van der Waals surface area contributed by atoms with E-state index in [1.165, 1.54) is 0 Å². The van der Waals surface area contributed by atoms with E-state index in [4.69, 9.17) is 9.57 Å². The van der Waals surface area contributed by atoms with Gasteiger partial charge in [0.05, 0.1) is 13.7 Å². The fourth-order valence-corrected chi connectivity index (χ4v) is 1.76. The summed E-state index contributed by atoms with van der Waals surface area (Å²) in [6, 6.07) is 16.7. The van der Waals surface area contributed by atoms with Gasteiger partial charge in [0.2, 0.25) is 0 Å². The molecule has 5 heteroatoms. The van der Waals surface area contributed by atoms with Crippen LogP contribution in [0, 0.1) is 0 Å². The van der Waals surface area contributed by atoms with E-state index in [9.17, 15) is 4.79 Å². The zero-order valence-electron chi connectivity index (χ0n) is 11.8. The minimum absolute atomic E-state index is 0.327. The van der Waals surface area contributed by atoms with Crippen LogP contribution < -0.4 is 15.5 Å². The molecule has 0 radical (unpaired) electrons. The van der Waals surface area contributed by atoms with Crippen LogP contribution in [0.5, 0.6) is 5.75 Å². The second kappa shape index (κ2) is 7.91. The third-order valence-electron chi connectivity index (χ3n) is 2.83. The Hall–Kier alpha value is -2.53. The molecule has 110 valence electrons. The quantitative estimate of drug-likeness (QED) is 0.803. The molecule has 2 amide bonds. The molecule has 21 heavy (non-hydrogen) atoms. The van der Waals surface area contributed by atoms with Gasteiger partial charge in [0.25, 0.3) is 0 Å². The van der Waals surface area contributed by atoms with Crippen molar-refractivity contribution in [1.82, 2.24) is 10.8 Å². The van der Waals surface area contributed by atoms with Gasteiger partial charge >= 0.3 is 6.03 Å². The molecule has 2 rings (SSSR count). The van der Waals surface area contributed by atoms with Crippen molar-refractivity contribution in [3.63, 3.8) is 0 Å². The van der Waals surface area contributed by atoms with E-state index in [0.29, 0.717) is 13.2 Å². The lowest BCUT2D eigenvalue weighted by molar-refractivity contribution is 0.0490. The summed E-state index contributed by atoms with van der Waals surface area (Å²) in [5.41, 5.74) is 4.29. The van der Waals surface area contributed by atoms with E-state index in [2.05, 4.69) is 10.8 Å². The van der Waals surface area contributed by atoms with Crippen molar-refractivity contribution in [2.45, 2.75) is 13.2 Å². The van der Waals surface area contributed by atoms with Crippen molar-refractivity contribution in [2.75, 3.05) is 7.11 Å². The van der Waals surface area contributed by atoms with Crippen LogP contribution in [0.2, 0.25) is 0 Å². The zero-order valence-corrected chi connectivity index (χ0v) is 11.8. The van der Waals surface area contributed by atoms with Crippen molar-refractivity contribution in [1.29, 1.82) is 0 Å². The maximum absolute atomic E-state index is 11.6. The highest BCUT2D eigenvalue weighted by molar-refractivity contribution is 5.72. The summed E-state index contributed by atoms with van der Waals surface area (Å²) >= 11 is 0. The van der Waals surface area contributed by atoms with Gasteiger partial charge in [-0.3, -0.25) is 4.84 Å². The molecule has 2 N–H and O–H groups in total. The van der Waals surface area contributed by atoms with Crippen molar-refractivity contribution >= 4 is 6.03 Å². The summed E-state index contributed by atoms with van der Waals surface area (Å²) in [5.74, 6) is 0.759. The lowest BCUT2D eigenvalue weighted by atomic mass is 10.2. The summed E-state index contributed by atoms with van der Waals surface area (Å²) in [7, 11) is 1.61. The third-order valence-corrected chi connectivity index (χ3v) is 2.83. The molecular weight excluding hydrogens is 268 g/mol. The average molecular weight is 286 g/mol. The van der Waals surface area contributed by atoms with Crippen LogP contribution in [0.1, 0.15) is 11.1 Å². The SMILES string of the molecule is COc1cccc(CNC(=O)NOCc2ccccc2)c1. The van der Waals surface area contributed by atoms with Gasteiger partial charge in [0.15, 0.2) is 0 Å². The van der Waals surface area contributed by atoms with Gasteiger partial charge in [-0.15, -0.1) is 0 Å². The molecule has 0 bridgehead atoms. The van der Waals surface area contributed by atoms with Crippen LogP contribution in [-0.2, 0) is 18.0 Å². The molecule has 0 aliphatic heterocycles. The molecule has 5 nitrogen and oxygen atoms in total. The van der Waals surface area contributed by atoms with Crippen molar-refractivity contribution in [3.05, 3.63) is 65.7 Å². The number of hydrogen-bond donors (Lipinski definition) is 2. The highest BCUT2D eigenvalue weighted by atomic mass is 16.7. The van der Waals surface area contributed by atoms with E-state index >= 15 is 0 Å². The number of urea groups is 1. The van der Waals surface area contributed by atoms with E-state index in [1.807, 2.05) is 54.6 Å². The van der Waals surface area contributed by atoms with Gasteiger partial charge in [0, 0.05) is 6.54 Å². The van der Waals surface area contributed by atoms with Crippen LogP contribution in [0.4, 0.5) is 4.79 Å². The first-order valence-corrected chi connectivity index (χ1v) is 6.60. The zero-order chi connectivity index (χ0) is 14.9. The first-order chi connectivity index (χ1) is 10.3. The number of methoxy groups -OCH3 is 1. The molecule has 0 saturated carbocycles. The standard InChI is InChI=1S/C16H18N2O3/c1-20-15-9-5-8-14(10-15)11-17-16(19)18-21-12-13-6-3-2-4-7-13/h2-10H,11-12H2,1H3,(H2,17,18,19). The summed E-state index contributed by atoms with van der Waals surface area (Å²) < 4.78 is 5.12. The molecule has 2 aromatic carbocycles. The molecule has 0 unspecified atom stereocenters. The number of amides is 2. The van der Waals surface area contributed by atoms with Gasteiger partial charge in [-0.2, -0.15) is 0 Å². The van der Waals surface area contributed by atoms with Crippen molar-refractivity contribution in [2.24, 2.45) is 0 Å². The molecule has 2 aromatic rings. The predicted molar refractivity (Wildman–Crippen MR) is 79.6 cm³/mol. The molecule has 0 aliphatic rings. The maximum Gasteiger partial charge on any atom is 0.338 e. The Balaban J connectivity index is 1.70. The van der Waals surface area contributed by atoms with Crippen molar-refractivity contribution < 1.29 is 14.4 Å². The minimum atomic E-state index is -0.381. The Morgan fingerprint density at radius 3 is 2.57 bits per heavy atom. The lowest BCUT2D eigenvalue weighted by Gasteiger charge is -2.08. The minimum Gasteiger partial charge on any atom is -0.497 e. The Kier molecular flexibility index (Phi) is 5.60. The lowest BCUT2D eigenvalue weighted by Crippen LogP contribution is -2.34. The van der Waals surface area contributed by atoms with E-state index in [-0.39, 0.29) is 6.03 Å². The fourth-order valence-electron chi connectivity index (χ4n) is 1.76.